The maximum atomic E-state index is 12.2. The number of hydrogen-bond donors (Lipinski definition) is 3. The predicted octanol–water partition coefficient (Wildman–Crippen LogP) is 3.59. The van der Waals surface area contributed by atoms with E-state index in [0.717, 1.165) is 5.56 Å². The van der Waals surface area contributed by atoms with Crippen LogP contribution in [0.15, 0.2) is 71.3 Å². The first-order chi connectivity index (χ1) is 13.6. The van der Waals surface area contributed by atoms with E-state index in [-0.39, 0.29) is 18.4 Å². The van der Waals surface area contributed by atoms with Gasteiger partial charge in [0.05, 0.1) is 19.4 Å². The normalized spacial score (nSPS) is 10.3. The second-order valence-corrected chi connectivity index (χ2v) is 6.47. The second-order valence-electron chi connectivity index (χ2n) is 6.06. The third-order valence-corrected chi connectivity index (χ3v) is 4.38. The van der Waals surface area contributed by atoms with Crippen LogP contribution in [0.5, 0.6) is 0 Å². The molecule has 0 saturated carbocycles. The highest BCUT2D eigenvalue weighted by Crippen LogP contribution is 2.14. The summed E-state index contributed by atoms with van der Waals surface area (Å²) in [5, 5.41) is 9.22. The van der Waals surface area contributed by atoms with Crippen molar-refractivity contribution in [1.29, 1.82) is 0 Å². The molecule has 0 spiro atoms. The average molecular weight is 398 g/mol. The summed E-state index contributed by atoms with van der Waals surface area (Å²) in [6.45, 7) is 0.755. The highest BCUT2D eigenvalue weighted by molar-refractivity contribution is 6.31. The van der Waals surface area contributed by atoms with Crippen LogP contribution in [0.2, 0.25) is 5.02 Å². The maximum Gasteiger partial charge on any atom is 0.251 e. The van der Waals surface area contributed by atoms with Crippen molar-refractivity contribution in [3.8, 4) is 0 Å². The first-order valence-corrected chi connectivity index (χ1v) is 9.14. The molecular weight excluding hydrogens is 378 g/mol. The van der Waals surface area contributed by atoms with Crippen molar-refractivity contribution in [2.75, 3.05) is 11.9 Å². The van der Waals surface area contributed by atoms with Crippen molar-refractivity contribution in [3.63, 3.8) is 0 Å². The van der Waals surface area contributed by atoms with Gasteiger partial charge >= 0.3 is 0 Å². The fourth-order valence-corrected chi connectivity index (χ4v) is 2.74. The Balaban J connectivity index is 1.48. The zero-order valence-corrected chi connectivity index (χ0v) is 15.8. The fourth-order valence-electron chi connectivity index (χ4n) is 2.53. The van der Waals surface area contributed by atoms with Crippen LogP contribution in [0.25, 0.3) is 0 Å². The fraction of sp³-hybridized carbons (Fsp3) is 0.143. The van der Waals surface area contributed by atoms with Crippen LogP contribution in [0, 0.1) is 0 Å². The van der Waals surface area contributed by atoms with Gasteiger partial charge in [-0.05, 0) is 42.0 Å². The van der Waals surface area contributed by atoms with Crippen molar-refractivity contribution in [3.05, 3.63) is 88.8 Å². The number of halogens is 1. The van der Waals surface area contributed by atoms with Crippen LogP contribution in [0.1, 0.15) is 21.7 Å². The molecule has 3 N–H and O–H groups in total. The van der Waals surface area contributed by atoms with E-state index < -0.39 is 0 Å². The van der Waals surface area contributed by atoms with Gasteiger partial charge < -0.3 is 20.4 Å². The van der Waals surface area contributed by atoms with E-state index in [9.17, 15) is 9.59 Å². The van der Waals surface area contributed by atoms with Gasteiger partial charge in [-0.15, -0.1) is 0 Å². The molecule has 0 aliphatic carbocycles. The van der Waals surface area contributed by atoms with Crippen LogP contribution in [0.4, 0.5) is 5.69 Å². The first kappa shape index (κ1) is 19.5. The Morgan fingerprint density at radius 1 is 0.929 bits per heavy atom. The minimum atomic E-state index is -0.219. The van der Waals surface area contributed by atoms with Crippen LogP contribution in [0.3, 0.4) is 0 Å². The second kappa shape index (κ2) is 9.62. The molecular formula is C21H20ClN3O3. The van der Waals surface area contributed by atoms with Gasteiger partial charge in [-0.1, -0.05) is 35.9 Å². The Morgan fingerprint density at radius 3 is 2.57 bits per heavy atom. The molecule has 0 aliphatic heterocycles. The third-order valence-electron chi connectivity index (χ3n) is 4.01. The molecule has 28 heavy (non-hydrogen) atoms. The maximum absolute atomic E-state index is 12.2. The quantitative estimate of drug-likeness (QED) is 0.542. The van der Waals surface area contributed by atoms with Gasteiger partial charge in [-0.3, -0.25) is 9.59 Å². The van der Waals surface area contributed by atoms with E-state index in [0.29, 0.717) is 35.1 Å². The Labute approximate surface area is 167 Å². The largest absolute Gasteiger partial charge is 0.467 e. The number of nitrogens with one attached hydrogen (secondary N) is 3. The van der Waals surface area contributed by atoms with Gasteiger partial charge in [0.2, 0.25) is 5.91 Å². The van der Waals surface area contributed by atoms with E-state index in [1.54, 1.807) is 48.7 Å². The van der Waals surface area contributed by atoms with E-state index in [1.807, 2.05) is 18.2 Å². The molecule has 0 saturated heterocycles. The molecule has 0 atom stereocenters. The van der Waals surface area contributed by atoms with Gasteiger partial charge in [0, 0.05) is 22.8 Å². The van der Waals surface area contributed by atoms with E-state index in [1.165, 1.54) is 0 Å². The Hall–Kier alpha value is -3.25. The summed E-state index contributed by atoms with van der Waals surface area (Å²) in [6.07, 6.45) is 1.56. The number of carbonyl (C=O) groups excluding carboxylic acids is 2. The molecule has 0 bridgehead atoms. The van der Waals surface area contributed by atoms with Crippen molar-refractivity contribution in [1.82, 2.24) is 10.6 Å². The Bertz CT molecular complexity index is 942. The number of anilines is 1. The minimum absolute atomic E-state index is 0.0852. The number of carbonyl (C=O) groups is 2. The highest BCUT2D eigenvalue weighted by Gasteiger charge is 2.08. The number of furan rings is 1. The summed E-state index contributed by atoms with van der Waals surface area (Å²) < 4.78 is 5.19. The molecule has 3 aromatic rings. The molecule has 0 aliphatic rings. The molecule has 6 nitrogen and oxygen atoms in total. The smallest absolute Gasteiger partial charge is 0.251 e. The molecule has 3 rings (SSSR count). The number of rotatable bonds is 8. The van der Waals surface area contributed by atoms with Gasteiger partial charge in [-0.2, -0.15) is 0 Å². The van der Waals surface area contributed by atoms with E-state index in [2.05, 4.69) is 16.0 Å². The molecule has 7 heteroatoms. The van der Waals surface area contributed by atoms with Gasteiger partial charge in [0.1, 0.15) is 5.76 Å². The first-order valence-electron chi connectivity index (χ1n) is 8.76. The standard InChI is InChI=1S/C21H20ClN3O3/c22-19-9-2-1-5-16(19)12-24-20(26)14-23-17-7-3-6-15(11-17)21(27)25-13-18-8-4-10-28-18/h1-11,23H,12-14H2,(H,24,26)(H,25,27). The minimum Gasteiger partial charge on any atom is -0.467 e. The summed E-state index contributed by atoms with van der Waals surface area (Å²) in [7, 11) is 0. The topological polar surface area (TPSA) is 83.4 Å². The summed E-state index contributed by atoms with van der Waals surface area (Å²) in [6, 6.07) is 17.9. The number of amides is 2. The number of benzene rings is 2. The molecule has 0 radical (unpaired) electrons. The zero-order chi connectivity index (χ0) is 19.8. The lowest BCUT2D eigenvalue weighted by Crippen LogP contribution is -2.29. The third kappa shape index (κ3) is 5.62. The molecule has 0 unspecified atom stereocenters. The van der Waals surface area contributed by atoms with Gasteiger partial charge in [0.15, 0.2) is 0 Å². The molecule has 1 heterocycles. The van der Waals surface area contributed by atoms with Gasteiger partial charge in [-0.25, -0.2) is 0 Å². The molecule has 2 aromatic carbocycles. The molecule has 2 amide bonds. The zero-order valence-electron chi connectivity index (χ0n) is 15.1. The molecule has 0 fully saturated rings. The van der Waals surface area contributed by atoms with Crippen LogP contribution in [-0.4, -0.2) is 18.4 Å². The Kier molecular flexibility index (Phi) is 6.70. The number of hydrogen-bond acceptors (Lipinski definition) is 4. The van der Waals surface area contributed by atoms with Crippen LogP contribution >= 0.6 is 11.6 Å². The van der Waals surface area contributed by atoms with Crippen molar-refractivity contribution < 1.29 is 14.0 Å². The summed E-state index contributed by atoms with van der Waals surface area (Å²) in [5.74, 6) is 0.286. The molecule has 1 aromatic heterocycles. The molecule has 144 valence electrons. The van der Waals surface area contributed by atoms with Crippen LogP contribution < -0.4 is 16.0 Å². The highest BCUT2D eigenvalue weighted by atomic mass is 35.5. The predicted molar refractivity (Wildman–Crippen MR) is 108 cm³/mol. The lowest BCUT2D eigenvalue weighted by Gasteiger charge is -2.10. The summed E-state index contributed by atoms with van der Waals surface area (Å²) in [5.41, 5.74) is 2.03. The monoisotopic (exact) mass is 397 g/mol. The van der Waals surface area contributed by atoms with Crippen molar-refractivity contribution in [2.45, 2.75) is 13.1 Å². The summed E-state index contributed by atoms with van der Waals surface area (Å²) >= 11 is 6.08. The van der Waals surface area contributed by atoms with Crippen molar-refractivity contribution in [2.24, 2.45) is 0 Å². The van der Waals surface area contributed by atoms with E-state index >= 15 is 0 Å². The lowest BCUT2D eigenvalue weighted by molar-refractivity contribution is -0.119. The van der Waals surface area contributed by atoms with Crippen LogP contribution in [-0.2, 0) is 17.9 Å². The Morgan fingerprint density at radius 2 is 1.79 bits per heavy atom. The SMILES string of the molecule is O=C(CNc1cccc(C(=O)NCc2ccco2)c1)NCc1ccccc1Cl. The van der Waals surface area contributed by atoms with Gasteiger partial charge in [0.25, 0.3) is 5.91 Å². The summed E-state index contributed by atoms with van der Waals surface area (Å²) in [4.78, 5) is 24.3. The van der Waals surface area contributed by atoms with E-state index in [4.69, 9.17) is 16.0 Å². The average Bonchev–Trinajstić information content (AvgIpc) is 3.24. The lowest BCUT2D eigenvalue weighted by atomic mass is 10.2. The van der Waals surface area contributed by atoms with Crippen molar-refractivity contribution >= 4 is 29.1 Å².